The van der Waals surface area contributed by atoms with Gasteiger partial charge >= 0.3 is 0 Å². The fourth-order valence-corrected chi connectivity index (χ4v) is 6.27. The van der Waals surface area contributed by atoms with Crippen LogP contribution >= 0.6 is 23.4 Å². The largest absolute Gasteiger partial charge is 0.343 e. The quantitative estimate of drug-likeness (QED) is 0.653. The SMILES string of the molecule is Cc1cc(Cl)ccc1NS(=O)(=O)c1ccc2c(c1)NC(=O)C(CC(=O)N1CCCC1)CS2. The first-order chi connectivity index (χ1) is 15.2. The number of amides is 2. The first kappa shape index (κ1) is 22.9. The third kappa shape index (κ3) is 5.05. The van der Waals surface area contributed by atoms with Gasteiger partial charge in [-0.2, -0.15) is 0 Å². The van der Waals surface area contributed by atoms with Gasteiger partial charge in [-0.3, -0.25) is 14.3 Å². The molecule has 1 saturated heterocycles. The maximum atomic E-state index is 12.9. The molecular weight excluding hydrogens is 470 g/mol. The van der Waals surface area contributed by atoms with Crippen LogP contribution in [0.25, 0.3) is 0 Å². The molecule has 2 aromatic carbocycles. The predicted molar refractivity (Wildman–Crippen MR) is 127 cm³/mol. The number of benzene rings is 2. The van der Waals surface area contributed by atoms with Gasteiger partial charge in [-0.25, -0.2) is 8.42 Å². The van der Waals surface area contributed by atoms with Gasteiger partial charge < -0.3 is 10.2 Å². The molecule has 2 aliphatic rings. The lowest BCUT2D eigenvalue weighted by Gasteiger charge is -2.18. The van der Waals surface area contributed by atoms with Crippen molar-refractivity contribution < 1.29 is 18.0 Å². The summed E-state index contributed by atoms with van der Waals surface area (Å²) >= 11 is 7.40. The highest BCUT2D eigenvalue weighted by molar-refractivity contribution is 7.99. The molecule has 0 spiro atoms. The Kier molecular flexibility index (Phi) is 6.69. The molecule has 2 aliphatic heterocycles. The van der Waals surface area contributed by atoms with Crippen molar-refractivity contribution in [3.63, 3.8) is 0 Å². The second-order valence-corrected chi connectivity index (χ2v) is 11.2. The first-order valence-electron chi connectivity index (χ1n) is 10.4. The number of carbonyl (C=O) groups excluding carboxylic acids is 2. The van der Waals surface area contributed by atoms with Gasteiger partial charge in [-0.05, 0) is 61.7 Å². The Morgan fingerprint density at radius 1 is 1.22 bits per heavy atom. The molecule has 4 rings (SSSR count). The number of nitrogens with zero attached hydrogens (tertiary/aromatic N) is 1. The summed E-state index contributed by atoms with van der Waals surface area (Å²) in [5.41, 5.74) is 1.57. The molecule has 2 amide bonds. The van der Waals surface area contributed by atoms with Gasteiger partial charge in [0.05, 0.1) is 22.2 Å². The van der Waals surface area contributed by atoms with Crippen LogP contribution in [0.4, 0.5) is 11.4 Å². The molecule has 2 aromatic rings. The van der Waals surface area contributed by atoms with Crippen LogP contribution in [0, 0.1) is 12.8 Å². The van der Waals surface area contributed by atoms with Crippen molar-refractivity contribution in [3.05, 3.63) is 47.0 Å². The molecule has 0 saturated carbocycles. The zero-order valence-electron chi connectivity index (χ0n) is 17.6. The van der Waals surface area contributed by atoms with E-state index in [4.69, 9.17) is 11.6 Å². The van der Waals surface area contributed by atoms with E-state index in [2.05, 4.69) is 10.0 Å². The van der Waals surface area contributed by atoms with Crippen LogP contribution in [0.5, 0.6) is 0 Å². The van der Waals surface area contributed by atoms with Gasteiger partial charge in [0.15, 0.2) is 0 Å². The lowest BCUT2D eigenvalue weighted by molar-refractivity contribution is -0.133. The maximum Gasteiger partial charge on any atom is 0.261 e. The van der Waals surface area contributed by atoms with Crippen LogP contribution in [0.1, 0.15) is 24.8 Å². The molecule has 2 heterocycles. The number of thioether (sulfide) groups is 1. The lowest BCUT2D eigenvalue weighted by Crippen LogP contribution is -2.33. The molecule has 1 atom stereocenters. The molecule has 170 valence electrons. The Hall–Kier alpha value is -2.23. The van der Waals surface area contributed by atoms with Crippen molar-refractivity contribution in [3.8, 4) is 0 Å². The molecular formula is C22H24ClN3O4S2. The van der Waals surface area contributed by atoms with E-state index in [0.717, 1.165) is 30.8 Å². The van der Waals surface area contributed by atoms with Crippen molar-refractivity contribution >= 4 is 56.6 Å². The van der Waals surface area contributed by atoms with Crippen LogP contribution in [0.15, 0.2) is 46.2 Å². The Morgan fingerprint density at radius 3 is 2.69 bits per heavy atom. The number of nitrogens with one attached hydrogen (secondary N) is 2. The van der Waals surface area contributed by atoms with Gasteiger partial charge in [-0.1, -0.05) is 11.6 Å². The molecule has 1 fully saturated rings. The number of rotatable bonds is 5. The van der Waals surface area contributed by atoms with Crippen molar-refractivity contribution in [2.24, 2.45) is 5.92 Å². The second kappa shape index (κ2) is 9.33. The number of hydrogen-bond donors (Lipinski definition) is 2. The Balaban J connectivity index is 1.50. The topological polar surface area (TPSA) is 95.6 Å². The average molecular weight is 494 g/mol. The van der Waals surface area contributed by atoms with E-state index in [1.807, 2.05) is 4.90 Å². The van der Waals surface area contributed by atoms with Crippen molar-refractivity contribution in [1.82, 2.24) is 4.90 Å². The number of fused-ring (bicyclic) bond motifs is 1. The van der Waals surface area contributed by atoms with E-state index in [-0.39, 0.29) is 23.1 Å². The van der Waals surface area contributed by atoms with Gasteiger partial charge in [-0.15, -0.1) is 11.8 Å². The third-order valence-electron chi connectivity index (χ3n) is 5.64. The Bertz CT molecular complexity index is 1160. The fourth-order valence-electron chi connectivity index (χ4n) is 3.80. The van der Waals surface area contributed by atoms with Gasteiger partial charge in [0.2, 0.25) is 11.8 Å². The summed E-state index contributed by atoms with van der Waals surface area (Å²) in [6, 6.07) is 9.56. The maximum absolute atomic E-state index is 12.9. The molecule has 10 heteroatoms. The average Bonchev–Trinajstić information content (AvgIpc) is 3.23. The number of sulfonamides is 1. The summed E-state index contributed by atoms with van der Waals surface area (Å²) in [6.07, 6.45) is 2.17. The van der Waals surface area contributed by atoms with Crippen LogP contribution in [0.2, 0.25) is 5.02 Å². The summed E-state index contributed by atoms with van der Waals surface area (Å²) in [7, 11) is -3.87. The van der Waals surface area contributed by atoms with Crippen molar-refractivity contribution in [2.45, 2.75) is 36.0 Å². The number of halogens is 1. The minimum atomic E-state index is -3.87. The molecule has 0 radical (unpaired) electrons. The van der Waals surface area contributed by atoms with Crippen LogP contribution in [-0.2, 0) is 19.6 Å². The van der Waals surface area contributed by atoms with E-state index in [1.54, 1.807) is 31.2 Å². The smallest absolute Gasteiger partial charge is 0.261 e. The van der Waals surface area contributed by atoms with E-state index in [1.165, 1.54) is 23.9 Å². The highest BCUT2D eigenvalue weighted by atomic mass is 35.5. The summed E-state index contributed by atoms with van der Waals surface area (Å²) in [5.74, 6) is -0.262. The number of hydrogen-bond acceptors (Lipinski definition) is 5. The molecule has 0 bridgehead atoms. The zero-order valence-corrected chi connectivity index (χ0v) is 19.9. The van der Waals surface area contributed by atoms with E-state index < -0.39 is 15.9 Å². The highest BCUT2D eigenvalue weighted by Crippen LogP contribution is 2.36. The first-order valence-corrected chi connectivity index (χ1v) is 13.2. The van der Waals surface area contributed by atoms with Gasteiger partial charge in [0.1, 0.15) is 0 Å². The summed E-state index contributed by atoms with van der Waals surface area (Å²) in [4.78, 5) is 27.9. The number of likely N-dealkylation sites (tertiary alicyclic amines) is 1. The standard InChI is InChI=1S/C22H24ClN3O4S2/c1-14-10-16(23)4-6-18(14)25-32(29,30)17-5-7-20-19(12-17)24-22(28)15(13-31-20)11-21(27)26-8-2-3-9-26/h4-7,10,12,15,25H,2-3,8-9,11,13H2,1H3,(H,24,28). The van der Waals surface area contributed by atoms with Crippen molar-refractivity contribution in [1.29, 1.82) is 0 Å². The van der Waals surface area contributed by atoms with E-state index >= 15 is 0 Å². The highest BCUT2D eigenvalue weighted by Gasteiger charge is 2.30. The molecule has 2 N–H and O–H groups in total. The van der Waals surface area contributed by atoms with Gasteiger partial charge in [0, 0.05) is 35.2 Å². The van der Waals surface area contributed by atoms with Crippen molar-refractivity contribution in [2.75, 3.05) is 28.9 Å². The molecule has 7 nitrogen and oxygen atoms in total. The molecule has 0 aromatic heterocycles. The van der Waals surface area contributed by atoms with Crippen LogP contribution in [0.3, 0.4) is 0 Å². The zero-order chi connectivity index (χ0) is 22.9. The number of carbonyl (C=O) groups is 2. The second-order valence-electron chi connectivity index (χ2n) is 8.01. The number of aryl methyl sites for hydroxylation is 1. The summed E-state index contributed by atoms with van der Waals surface area (Å²) < 4.78 is 28.4. The molecule has 32 heavy (non-hydrogen) atoms. The minimum Gasteiger partial charge on any atom is -0.343 e. The Labute approximate surface area is 196 Å². The summed E-state index contributed by atoms with van der Waals surface area (Å²) in [6.45, 7) is 3.27. The minimum absolute atomic E-state index is 0.00000672. The molecule has 0 aliphatic carbocycles. The fraction of sp³-hybridized carbons (Fsp3) is 0.364. The number of anilines is 2. The van der Waals surface area contributed by atoms with E-state index in [9.17, 15) is 18.0 Å². The molecule has 1 unspecified atom stereocenters. The van der Waals surface area contributed by atoms with Crippen LogP contribution in [-0.4, -0.2) is 44.0 Å². The normalized spacial score (nSPS) is 18.6. The third-order valence-corrected chi connectivity index (χ3v) is 8.48. The lowest BCUT2D eigenvalue weighted by atomic mass is 10.1. The Morgan fingerprint density at radius 2 is 1.97 bits per heavy atom. The predicted octanol–water partition coefficient (Wildman–Crippen LogP) is 4.12. The monoisotopic (exact) mass is 493 g/mol. The van der Waals surface area contributed by atoms with E-state index in [0.29, 0.717) is 27.7 Å². The van der Waals surface area contributed by atoms with Crippen LogP contribution < -0.4 is 10.0 Å². The summed E-state index contributed by atoms with van der Waals surface area (Å²) in [5, 5.41) is 3.34. The van der Waals surface area contributed by atoms with Gasteiger partial charge in [0.25, 0.3) is 10.0 Å².